The van der Waals surface area contributed by atoms with Gasteiger partial charge in [-0.1, -0.05) is 12.1 Å². The number of benzene rings is 2. The monoisotopic (exact) mass is 886 g/mol. The van der Waals surface area contributed by atoms with Gasteiger partial charge in [-0.25, -0.2) is 24.5 Å². The number of amides is 3. The number of hydrogen-bond acceptors (Lipinski definition) is 16. The summed E-state index contributed by atoms with van der Waals surface area (Å²) in [6, 6.07) is 10.4. The zero-order valence-corrected chi connectivity index (χ0v) is 33.9. The highest BCUT2D eigenvalue weighted by Crippen LogP contribution is 2.27. The first-order valence-electron chi connectivity index (χ1n) is 19.8. The van der Waals surface area contributed by atoms with Gasteiger partial charge in [-0.2, -0.15) is 4.98 Å². The molecule has 64 heavy (non-hydrogen) atoms. The fourth-order valence-corrected chi connectivity index (χ4v) is 6.72. The molecule has 4 heterocycles. The van der Waals surface area contributed by atoms with E-state index in [2.05, 4.69) is 51.5 Å². The standard InChI is InChI=1S/C21H27N5O6.C19H19N7O6/c22-21-25-17-14(19(30)26-21)9-12(10-23-17)2-1-11-3-5-13(6-4-11)18(29)24-15(20(31)32)7-8-16(27)28;20-19-25-15-14(17(30)26-19)23-11(8-22-15)7-21-10-3-1-9(2-4-10)16(29)24-12(18(31)32)5-6-13(27)28/h3-6,12,14-15,17,23H,1-2,7-10H2,(H,24,29)(H,27,28)(H,31,32)(H3,22,25,26,30);1-4,8,12,21H,5-7H2,(H,24,29)(H,27,28)(H,31,32)(H3,20,22,25,26,30)/t12-,14?,15+,17?;12-/m10/s1. The van der Waals surface area contributed by atoms with Gasteiger partial charge in [0.25, 0.3) is 17.4 Å². The summed E-state index contributed by atoms with van der Waals surface area (Å²) in [5.74, 6) is -6.04. The molecule has 0 bridgehead atoms. The lowest BCUT2D eigenvalue weighted by Crippen LogP contribution is -2.57. The Morgan fingerprint density at radius 3 is 1.94 bits per heavy atom. The van der Waals surface area contributed by atoms with E-state index in [4.69, 9.17) is 26.8 Å². The molecule has 0 aliphatic carbocycles. The summed E-state index contributed by atoms with van der Waals surface area (Å²) >= 11 is 0. The Hall–Kier alpha value is -8.02. The largest absolute Gasteiger partial charge is 0.481 e. The van der Waals surface area contributed by atoms with Crippen molar-refractivity contribution in [1.29, 1.82) is 0 Å². The van der Waals surface area contributed by atoms with Crippen molar-refractivity contribution in [2.24, 2.45) is 22.6 Å². The number of hydrogen-bond donors (Lipinski definition) is 12. The number of nitrogens with two attached hydrogens (primary N) is 2. The van der Waals surface area contributed by atoms with Crippen LogP contribution in [-0.4, -0.2) is 113 Å². The quantitative estimate of drug-likeness (QED) is 0.0606. The van der Waals surface area contributed by atoms with Crippen molar-refractivity contribution in [3.63, 3.8) is 0 Å². The van der Waals surface area contributed by atoms with E-state index in [9.17, 15) is 43.5 Å². The summed E-state index contributed by atoms with van der Waals surface area (Å²) in [6.45, 7) is 0.965. The predicted molar refractivity (Wildman–Crippen MR) is 226 cm³/mol. The van der Waals surface area contributed by atoms with E-state index >= 15 is 0 Å². The molecule has 3 amide bonds. The van der Waals surface area contributed by atoms with Crippen LogP contribution in [0.15, 0.2) is 64.5 Å². The molecule has 4 aromatic rings. The van der Waals surface area contributed by atoms with E-state index < -0.39 is 53.3 Å². The molecule has 24 nitrogen and oxygen atoms in total. The van der Waals surface area contributed by atoms with Crippen molar-refractivity contribution in [2.45, 2.75) is 69.7 Å². The number of carboxylic acid groups (broad SMARTS) is 4. The number of nitrogen functional groups attached to an aromatic ring is 1. The van der Waals surface area contributed by atoms with Crippen LogP contribution < -0.4 is 43.6 Å². The number of aryl methyl sites for hydroxylation is 1. The molecule has 2 aromatic heterocycles. The summed E-state index contributed by atoms with van der Waals surface area (Å²) in [6.07, 6.45) is 2.35. The summed E-state index contributed by atoms with van der Waals surface area (Å²) in [5, 5.41) is 49.3. The third kappa shape index (κ3) is 13.5. The maximum atomic E-state index is 12.3. The number of carbonyl (C=O) groups is 7. The third-order valence-corrected chi connectivity index (χ3v) is 10.1. The Balaban J connectivity index is 0.000000241. The maximum absolute atomic E-state index is 12.3. The van der Waals surface area contributed by atoms with E-state index in [0.29, 0.717) is 29.3 Å². The molecule has 2 aliphatic heterocycles. The predicted octanol–water partition coefficient (Wildman–Crippen LogP) is -0.381. The van der Waals surface area contributed by atoms with E-state index in [1.54, 1.807) is 36.4 Å². The number of nitrogens with one attached hydrogen (secondary N) is 6. The molecule has 0 radical (unpaired) electrons. The van der Waals surface area contributed by atoms with Crippen LogP contribution in [0.3, 0.4) is 0 Å². The molecule has 5 atom stereocenters. The Bertz CT molecular complexity index is 2480. The second-order valence-corrected chi connectivity index (χ2v) is 14.8. The summed E-state index contributed by atoms with van der Waals surface area (Å²) < 4.78 is 0. The second-order valence-electron chi connectivity index (χ2n) is 14.8. The van der Waals surface area contributed by atoms with Crippen LogP contribution in [0.5, 0.6) is 0 Å². The molecular weight excluding hydrogens is 841 g/mol. The molecule has 14 N–H and O–H groups in total. The number of H-pyrrole nitrogens is 1. The number of anilines is 2. The van der Waals surface area contributed by atoms with Gasteiger partial charge in [0.2, 0.25) is 11.9 Å². The van der Waals surface area contributed by atoms with E-state index in [0.717, 1.165) is 24.9 Å². The van der Waals surface area contributed by atoms with E-state index in [-0.39, 0.29) is 78.9 Å². The minimum Gasteiger partial charge on any atom is -0.481 e. The first-order valence-corrected chi connectivity index (χ1v) is 19.8. The maximum Gasteiger partial charge on any atom is 0.326 e. The summed E-state index contributed by atoms with van der Waals surface area (Å²) in [5.41, 5.74) is 13.4. The Morgan fingerprint density at radius 2 is 1.38 bits per heavy atom. The highest BCUT2D eigenvalue weighted by Gasteiger charge is 2.37. The topological polar surface area (TPSA) is 396 Å². The van der Waals surface area contributed by atoms with Crippen LogP contribution in [0, 0.1) is 11.8 Å². The number of aliphatic imine (C=N–C) groups is 1. The highest BCUT2D eigenvalue weighted by atomic mass is 16.4. The molecule has 1 saturated heterocycles. The van der Waals surface area contributed by atoms with Crippen molar-refractivity contribution in [3.8, 4) is 0 Å². The van der Waals surface area contributed by atoms with Gasteiger partial charge in [0, 0.05) is 29.7 Å². The van der Waals surface area contributed by atoms with Crippen LogP contribution in [-0.2, 0) is 36.9 Å². The Morgan fingerprint density at radius 1 is 0.797 bits per heavy atom. The van der Waals surface area contributed by atoms with Crippen molar-refractivity contribution in [1.82, 2.24) is 41.2 Å². The molecule has 2 aliphatic rings. The third-order valence-electron chi connectivity index (χ3n) is 10.1. The number of aromatic nitrogens is 4. The Kier molecular flexibility index (Phi) is 15.9. The molecule has 0 spiro atoms. The van der Waals surface area contributed by atoms with Crippen molar-refractivity contribution in [2.75, 3.05) is 17.6 Å². The molecule has 1 fully saturated rings. The van der Waals surface area contributed by atoms with Gasteiger partial charge < -0.3 is 47.8 Å². The van der Waals surface area contributed by atoms with Crippen LogP contribution in [0.4, 0.5) is 11.6 Å². The number of aromatic amines is 1. The number of fused-ring (bicyclic) bond motifs is 2. The van der Waals surface area contributed by atoms with Gasteiger partial charge in [-0.15, -0.1) is 0 Å². The number of carboxylic acids is 4. The first kappa shape index (κ1) is 47.0. The average Bonchev–Trinajstić information content (AvgIpc) is 3.25. The van der Waals surface area contributed by atoms with Crippen LogP contribution in [0.2, 0.25) is 0 Å². The molecule has 24 heteroatoms. The van der Waals surface area contributed by atoms with Crippen LogP contribution >= 0.6 is 0 Å². The fraction of sp³-hybridized carbons (Fsp3) is 0.350. The molecule has 338 valence electrons. The zero-order valence-electron chi connectivity index (χ0n) is 33.9. The highest BCUT2D eigenvalue weighted by molar-refractivity contribution is 6.00. The van der Waals surface area contributed by atoms with Crippen molar-refractivity contribution < 1.29 is 54.0 Å². The normalized spacial score (nSPS) is 17.5. The lowest BCUT2D eigenvalue weighted by Gasteiger charge is -2.36. The van der Waals surface area contributed by atoms with Gasteiger partial charge >= 0.3 is 23.9 Å². The smallest absolute Gasteiger partial charge is 0.326 e. The average molecular weight is 887 g/mol. The van der Waals surface area contributed by atoms with Gasteiger partial charge in [0.1, 0.15) is 18.2 Å². The van der Waals surface area contributed by atoms with E-state index in [1.165, 1.54) is 18.3 Å². The molecular formula is C40H46N12O12. The summed E-state index contributed by atoms with van der Waals surface area (Å²) in [7, 11) is 0. The molecule has 6 rings (SSSR count). The number of guanidine groups is 1. The Labute approximate surface area is 362 Å². The molecule has 2 unspecified atom stereocenters. The number of nitrogens with zero attached hydrogens (tertiary/aromatic N) is 4. The van der Waals surface area contributed by atoms with Gasteiger partial charge in [-0.3, -0.25) is 44.4 Å². The zero-order chi connectivity index (χ0) is 46.5. The van der Waals surface area contributed by atoms with Crippen LogP contribution in [0.25, 0.3) is 11.2 Å². The summed E-state index contributed by atoms with van der Waals surface area (Å²) in [4.78, 5) is 111. The first-order chi connectivity index (χ1) is 30.4. The molecule has 2 aromatic carbocycles. The number of rotatable bonds is 18. The SMILES string of the molecule is NC1=NC2NC[C@H](CCc3ccc(C(=O)N[C@@H](CCC(=O)O)C(=O)O)cc3)CC2C(=O)N1.Nc1nc2ncc(CNc3ccc(C(=O)N[C@@H](CCC(=O)O)C(=O)O)cc3)nc2c(=O)[nH]1. The van der Waals surface area contributed by atoms with Crippen molar-refractivity contribution >= 4 is 70.4 Å². The van der Waals surface area contributed by atoms with Crippen molar-refractivity contribution in [3.05, 3.63) is 87.5 Å². The molecule has 0 saturated carbocycles. The number of piperidine rings is 1. The minimum absolute atomic E-state index is 0.0524. The minimum atomic E-state index is -1.31. The van der Waals surface area contributed by atoms with Gasteiger partial charge in [0.15, 0.2) is 17.1 Å². The lowest BCUT2D eigenvalue weighted by atomic mass is 9.83. The lowest BCUT2D eigenvalue weighted by molar-refractivity contribution is -0.142. The second kappa shape index (κ2) is 21.7. The van der Waals surface area contributed by atoms with Gasteiger partial charge in [0.05, 0.1) is 24.4 Å². The van der Waals surface area contributed by atoms with Crippen LogP contribution in [0.1, 0.15) is 70.5 Å². The number of aliphatic carboxylic acids is 4. The van der Waals surface area contributed by atoms with E-state index in [1.807, 2.05) is 0 Å². The number of carbonyl (C=O) groups excluding carboxylic acids is 3. The fourth-order valence-electron chi connectivity index (χ4n) is 6.72. The van der Waals surface area contributed by atoms with Gasteiger partial charge in [-0.05, 0) is 86.5 Å².